The van der Waals surface area contributed by atoms with Gasteiger partial charge in [-0.3, -0.25) is 14.7 Å². The number of aliphatic imine (C=N–C) groups is 1. The third kappa shape index (κ3) is 6.15. The fourth-order valence-electron chi connectivity index (χ4n) is 5.15. The van der Waals surface area contributed by atoms with Crippen LogP contribution < -0.4 is 0 Å². The lowest BCUT2D eigenvalue weighted by molar-refractivity contribution is -0.192. The van der Waals surface area contributed by atoms with Gasteiger partial charge in [-0.1, -0.05) is 55.8 Å². The number of hydrogen-bond acceptors (Lipinski definition) is 4. The molecule has 208 valence electrons. The van der Waals surface area contributed by atoms with Gasteiger partial charge >= 0.3 is 18.1 Å². The number of carboxylic acids is 2. The first-order valence-corrected chi connectivity index (χ1v) is 13.1. The predicted octanol–water partition coefficient (Wildman–Crippen LogP) is 6.17. The minimum Gasteiger partial charge on any atom is -0.478 e. The largest absolute Gasteiger partial charge is 0.490 e. The van der Waals surface area contributed by atoms with Crippen molar-refractivity contribution in [2.75, 3.05) is 0 Å². The smallest absolute Gasteiger partial charge is 0.478 e. The highest BCUT2D eigenvalue weighted by Gasteiger charge is 2.63. The van der Waals surface area contributed by atoms with Crippen molar-refractivity contribution in [3.63, 3.8) is 0 Å². The van der Waals surface area contributed by atoms with Crippen molar-refractivity contribution < 1.29 is 37.8 Å². The Morgan fingerprint density at radius 1 is 1.00 bits per heavy atom. The Labute approximate surface area is 224 Å². The molecule has 0 atom stereocenters. The van der Waals surface area contributed by atoms with Crippen LogP contribution in [-0.4, -0.2) is 50.5 Å². The summed E-state index contributed by atoms with van der Waals surface area (Å²) in [5.74, 6) is -1.64. The number of hydrogen-bond donors (Lipinski definition) is 2. The normalized spacial score (nSPS) is 18.3. The van der Waals surface area contributed by atoms with Gasteiger partial charge in [0.15, 0.2) is 0 Å². The summed E-state index contributed by atoms with van der Waals surface area (Å²) < 4.78 is 31.7. The van der Waals surface area contributed by atoms with E-state index in [-0.39, 0.29) is 5.91 Å². The Bertz CT molecular complexity index is 1250. The fourth-order valence-corrected chi connectivity index (χ4v) is 5.15. The van der Waals surface area contributed by atoms with Gasteiger partial charge in [-0.25, -0.2) is 9.59 Å². The van der Waals surface area contributed by atoms with Crippen LogP contribution in [0, 0.1) is 11.8 Å². The lowest BCUT2D eigenvalue weighted by Crippen LogP contribution is -2.45. The number of benzene rings is 2. The predicted molar refractivity (Wildman–Crippen MR) is 138 cm³/mol. The maximum atomic E-state index is 13.7. The molecule has 3 aliphatic rings. The lowest BCUT2D eigenvalue weighted by Gasteiger charge is -2.26. The number of amidine groups is 1. The van der Waals surface area contributed by atoms with E-state index in [4.69, 9.17) is 14.9 Å². The van der Waals surface area contributed by atoms with Crippen molar-refractivity contribution in [2.45, 2.75) is 70.1 Å². The number of unbranched alkanes of at least 4 members (excludes halogenated alkanes) is 1. The van der Waals surface area contributed by atoms with Crippen LogP contribution in [0.1, 0.15) is 67.8 Å². The minimum atomic E-state index is -5.08. The molecule has 2 N–H and O–H groups in total. The highest BCUT2D eigenvalue weighted by Crippen LogP contribution is 2.57. The van der Waals surface area contributed by atoms with E-state index >= 15 is 0 Å². The van der Waals surface area contributed by atoms with Crippen molar-refractivity contribution in [2.24, 2.45) is 16.8 Å². The molecule has 0 unspecified atom stereocenters. The Balaban J connectivity index is 0.000000448. The molecular weight excluding hydrogens is 513 g/mol. The van der Waals surface area contributed by atoms with Gasteiger partial charge in [0.05, 0.1) is 12.1 Å². The summed E-state index contributed by atoms with van der Waals surface area (Å²) in [6.07, 6.45) is 2.39. The zero-order valence-corrected chi connectivity index (χ0v) is 21.6. The number of aromatic carboxylic acids is 1. The standard InChI is InChI=1S/C27H30N2O3.C2HF3O2/c1-2-3-8-24-28-27(20-13-14-20,21-15-16-21)26(32)29(24)17-18-9-11-19(12-10-18)22-6-4-5-7-23(22)25(30)31;3-2(4,5)1(6)7/h4-7,9-12,20-21H,2-3,8,13-17H2,1H3,(H,30,31);(H,6,7). The Morgan fingerprint density at radius 3 is 2.05 bits per heavy atom. The molecule has 7 nitrogen and oxygen atoms in total. The third-order valence-corrected chi connectivity index (χ3v) is 7.37. The molecule has 2 aliphatic carbocycles. The van der Waals surface area contributed by atoms with Gasteiger partial charge in [0.2, 0.25) is 0 Å². The van der Waals surface area contributed by atoms with Crippen LogP contribution in [0.15, 0.2) is 53.5 Å². The van der Waals surface area contributed by atoms with E-state index in [2.05, 4.69) is 6.92 Å². The first kappa shape index (κ1) is 28.3. The van der Waals surface area contributed by atoms with Crippen LogP contribution in [0.4, 0.5) is 13.2 Å². The average Bonchev–Trinajstić information content (AvgIpc) is 3.82. The first-order chi connectivity index (χ1) is 18.5. The van der Waals surface area contributed by atoms with Gasteiger partial charge in [0.1, 0.15) is 11.4 Å². The molecule has 0 aromatic heterocycles. The summed E-state index contributed by atoms with van der Waals surface area (Å²) in [5, 5.41) is 16.6. The number of carbonyl (C=O) groups is 3. The van der Waals surface area contributed by atoms with Crippen molar-refractivity contribution >= 4 is 23.7 Å². The Hall–Kier alpha value is -3.69. The second kappa shape index (κ2) is 11.2. The SMILES string of the molecule is CCCCC1=NC(C2CC2)(C2CC2)C(=O)N1Cc1ccc(-c2ccccc2C(=O)O)cc1.O=C(O)C(F)(F)F. The number of rotatable bonds is 9. The zero-order chi connectivity index (χ0) is 28.4. The van der Waals surface area contributed by atoms with Crippen LogP contribution in [-0.2, 0) is 16.1 Å². The van der Waals surface area contributed by atoms with E-state index in [1.165, 1.54) is 0 Å². The van der Waals surface area contributed by atoms with Crippen molar-refractivity contribution in [3.05, 3.63) is 59.7 Å². The van der Waals surface area contributed by atoms with Crippen molar-refractivity contribution in [3.8, 4) is 11.1 Å². The topological polar surface area (TPSA) is 107 Å². The second-order valence-electron chi connectivity index (χ2n) is 10.2. The van der Waals surface area contributed by atoms with Gasteiger partial charge in [0, 0.05) is 6.42 Å². The van der Waals surface area contributed by atoms with Crippen LogP contribution in [0.2, 0.25) is 0 Å². The molecule has 0 radical (unpaired) electrons. The molecule has 10 heteroatoms. The van der Waals surface area contributed by atoms with E-state index in [0.29, 0.717) is 29.5 Å². The highest BCUT2D eigenvalue weighted by molar-refractivity contribution is 6.09. The fraction of sp³-hybridized carbons (Fsp3) is 0.448. The molecule has 0 saturated heterocycles. The van der Waals surface area contributed by atoms with Gasteiger partial charge in [-0.15, -0.1) is 0 Å². The molecule has 1 heterocycles. The Morgan fingerprint density at radius 2 is 1.56 bits per heavy atom. The molecule has 0 bridgehead atoms. The number of amides is 1. The number of carbonyl (C=O) groups excluding carboxylic acids is 1. The monoisotopic (exact) mass is 544 g/mol. The molecule has 2 aromatic rings. The summed E-state index contributed by atoms with van der Waals surface area (Å²) in [6, 6.07) is 15.0. The first-order valence-electron chi connectivity index (χ1n) is 13.1. The molecule has 2 aromatic carbocycles. The number of aliphatic carboxylic acids is 1. The van der Waals surface area contributed by atoms with Gasteiger partial charge in [0.25, 0.3) is 5.91 Å². The van der Waals surface area contributed by atoms with Crippen LogP contribution in [0.25, 0.3) is 11.1 Å². The minimum absolute atomic E-state index is 0.217. The molecule has 1 aliphatic heterocycles. The summed E-state index contributed by atoms with van der Waals surface area (Å²) in [6.45, 7) is 2.70. The quantitative estimate of drug-likeness (QED) is 0.392. The summed E-state index contributed by atoms with van der Waals surface area (Å²) in [4.78, 5) is 41.3. The van der Waals surface area contributed by atoms with Crippen LogP contribution in [0.5, 0.6) is 0 Å². The zero-order valence-electron chi connectivity index (χ0n) is 21.6. The maximum absolute atomic E-state index is 13.7. The Kier molecular flexibility index (Phi) is 8.13. The third-order valence-electron chi connectivity index (χ3n) is 7.37. The number of carboxylic acid groups (broad SMARTS) is 2. The average molecular weight is 545 g/mol. The molecule has 2 saturated carbocycles. The molecule has 5 rings (SSSR count). The molecule has 0 spiro atoms. The van der Waals surface area contributed by atoms with Crippen molar-refractivity contribution in [1.82, 2.24) is 4.90 Å². The lowest BCUT2D eigenvalue weighted by atomic mass is 9.87. The number of halogens is 3. The van der Waals surface area contributed by atoms with E-state index in [0.717, 1.165) is 61.9 Å². The van der Waals surface area contributed by atoms with E-state index in [1.54, 1.807) is 12.1 Å². The van der Waals surface area contributed by atoms with E-state index < -0.39 is 23.7 Å². The number of nitrogens with zero attached hydrogens (tertiary/aromatic N) is 2. The van der Waals surface area contributed by atoms with E-state index in [9.17, 15) is 27.9 Å². The van der Waals surface area contributed by atoms with Crippen molar-refractivity contribution in [1.29, 1.82) is 0 Å². The van der Waals surface area contributed by atoms with Gasteiger partial charge in [-0.05, 0) is 66.7 Å². The summed E-state index contributed by atoms with van der Waals surface area (Å²) in [7, 11) is 0. The van der Waals surface area contributed by atoms with Gasteiger partial charge in [-0.2, -0.15) is 13.2 Å². The van der Waals surface area contributed by atoms with Crippen LogP contribution >= 0.6 is 0 Å². The molecule has 2 fully saturated rings. The summed E-state index contributed by atoms with van der Waals surface area (Å²) in [5.41, 5.74) is 2.42. The maximum Gasteiger partial charge on any atom is 0.490 e. The molecular formula is C29H31F3N2O5. The van der Waals surface area contributed by atoms with Gasteiger partial charge < -0.3 is 10.2 Å². The highest BCUT2D eigenvalue weighted by atomic mass is 19.4. The van der Waals surface area contributed by atoms with E-state index in [1.807, 2.05) is 41.3 Å². The molecule has 1 amide bonds. The second-order valence-corrected chi connectivity index (χ2v) is 10.2. The summed E-state index contributed by atoms with van der Waals surface area (Å²) >= 11 is 0. The number of alkyl halides is 3. The van der Waals surface area contributed by atoms with Crippen LogP contribution in [0.3, 0.4) is 0 Å². The molecule has 39 heavy (non-hydrogen) atoms.